The Bertz CT molecular complexity index is 882. The van der Waals surface area contributed by atoms with Gasteiger partial charge in [0.1, 0.15) is 17.3 Å². The predicted molar refractivity (Wildman–Crippen MR) is 102 cm³/mol. The Morgan fingerprint density at radius 1 is 1.19 bits per heavy atom. The minimum absolute atomic E-state index is 0.0948. The van der Waals surface area contributed by atoms with Gasteiger partial charge in [0.25, 0.3) is 0 Å². The number of rotatable bonds is 4. The van der Waals surface area contributed by atoms with Crippen molar-refractivity contribution in [1.82, 2.24) is 15.1 Å². The summed E-state index contributed by atoms with van der Waals surface area (Å²) in [7, 11) is 0. The quantitative estimate of drug-likeness (QED) is 0.490. The standard InChI is InChI=1S/C18H23N7O/c19-14(13-3-1-2-4-16(13)26)5-15(17(20)21)25-7-12(6-23-25)24-10-18(11-24)8-22-9-18/h1-7,22,26H,8-11,19-21H2/b14-5-. The summed E-state index contributed by atoms with van der Waals surface area (Å²) < 4.78 is 1.61. The maximum absolute atomic E-state index is 9.96. The van der Waals surface area contributed by atoms with Gasteiger partial charge >= 0.3 is 0 Å². The number of nitrogens with zero attached hydrogens (tertiary/aromatic N) is 3. The Morgan fingerprint density at radius 3 is 2.54 bits per heavy atom. The summed E-state index contributed by atoms with van der Waals surface area (Å²) in [5.41, 5.74) is 20.6. The molecule has 8 heteroatoms. The molecule has 136 valence electrons. The molecule has 2 aliphatic rings. The molecule has 1 aromatic carbocycles. The molecule has 0 bridgehead atoms. The van der Waals surface area contributed by atoms with Gasteiger partial charge in [-0.2, -0.15) is 5.10 Å². The van der Waals surface area contributed by atoms with E-state index >= 15 is 0 Å². The largest absolute Gasteiger partial charge is 0.507 e. The van der Waals surface area contributed by atoms with Crippen LogP contribution in [0.1, 0.15) is 5.56 Å². The molecule has 0 aliphatic carbocycles. The van der Waals surface area contributed by atoms with Crippen LogP contribution in [0.25, 0.3) is 11.4 Å². The molecular formula is C18H23N7O. The summed E-state index contributed by atoms with van der Waals surface area (Å²) in [6.45, 7) is 4.22. The van der Waals surface area contributed by atoms with E-state index in [0.29, 0.717) is 22.4 Å². The van der Waals surface area contributed by atoms with Gasteiger partial charge in [-0.1, -0.05) is 12.1 Å². The smallest absolute Gasteiger partial charge is 0.124 e. The van der Waals surface area contributed by atoms with E-state index in [1.807, 2.05) is 6.20 Å². The highest BCUT2D eigenvalue weighted by molar-refractivity contribution is 5.78. The molecule has 2 saturated heterocycles. The molecule has 0 radical (unpaired) electrons. The lowest BCUT2D eigenvalue weighted by Crippen LogP contribution is -2.71. The van der Waals surface area contributed by atoms with Gasteiger partial charge < -0.3 is 32.5 Å². The predicted octanol–water partition coefficient (Wildman–Crippen LogP) is 0.0416. The van der Waals surface area contributed by atoms with Gasteiger partial charge in [0.2, 0.25) is 0 Å². The van der Waals surface area contributed by atoms with Crippen molar-refractivity contribution in [2.75, 3.05) is 31.1 Å². The first-order chi connectivity index (χ1) is 12.5. The van der Waals surface area contributed by atoms with E-state index in [0.717, 1.165) is 31.9 Å². The second-order valence-electron chi connectivity index (χ2n) is 7.06. The molecule has 0 saturated carbocycles. The van der Waals surface area contributed by atoms with Gasteiger partial charge in [-0.25, -0.2) is 4.68 Å². The number of aromatic nitrogens is 2. The van der Waals surface area contributed by atoms with E-state index in [2.05, 4.69) is 15.3 Å². The number of para-hydroxylation sites is 1. The van der Waals surface area contributed by atoms with Crippen LogP contribution in [-0.2, 0) is 0 Å². The topological polar surface area (TPSA) is 131 Å². The Kier molecular flexibility index (Phi) is 3.77. The number of aromatic hydroxyl groups is 1. The van der Waals surface area contributed by atoms with Crippen LogP contribution in [0.4, 0.5) is 5.69 Å². The van der Waals surface area contributed by atoms with Crippen LogP contribution in [0, 0.1) is 5.41 Å². The number of anilines is 1. The molecule has 26 heavy (non-hydrogen) atoms. The zero-order valence-electron chi connectivity index (χ0n) is 14.4. The van der Waals surface area contributed by atoms with Crippen molar-refractivity contribution < 1.29 is 5.11 Å². The molecule has 4 rings (SSSR count). The number of benzene rings is 1. The summed E-state index contributed by atoms with van der Waals surface area (Å²) in [6, 6.07) is 6.84. The van der Waals surface area contributed by atoms with Gasteiger partial charge in [0, 0.05) is 42.9 Å². The molecule has 8 N–H and O–H groups in total. The minimum Gasteiger partial charge on any atom is -0.507 e. The van der Waals surface area contributed by atoms with Crippen LogP contribution in [0.15, 0.2) is 48.6 Å². The van der Waals surface area contributed by atoms with E-state index in [1.165, 1.54) is 0 Å². The van der Waals surface area contributed by atoms with E-state index in [-0.39, 0.29) is 11.6 Å². The summed E-state index contributed by atoms with van der Waals surface area (Å²) >= 11 is 0. The van der Waals surface area contributed by atoms with Gasteiger partial charge in [0.05, 0.1) is 18.1 Å². The number of allylic oxidation sites excluding steroid dienone is 2. The molecule has 1 spiro atoms. The van der Waals surface area contributed by atoms with Gasteiger partial charge in [-0.3, -0.25) is 0 Å². The molecule has 3 heterocycles. The number of phenols is 1. The van der Waals surface area contributed by atoms with E-state index in [1.54, 1.807) is 41.2 Å². The average Bonchev–Trinajstić information content (AvgIpc) is 2.99. The van der Waals surface area contributed by atoms with Crippen molar-refractivity contribution in [3.05, 3.63) is 54.1 Å². The van der Waals surface area contributed by atoms with Crippen LogP contribution < -0.4 is 27.4 Å². The molecule has 1 aromatic heterocycles. The lowest BCUT2D eigenvalue weighted by Gasteiger charge is -2.56. The number of phenolic OH excluding ortho intramolecular Hbond substituents is 1. The molecule has 2 aliphatic heterocycles. The number of nitrogens with one attached hydrogen (secondary N) is 1. The van der Waals surface area contributed by atoms with Crippen molar-refractivity contribution in [2.24, 2.45) is 22.6 Å². The van der Waals surface area contributed by atoms with Crippen molar-refractivity contribution in [3.63, 3.8) is 0 Å². The second kappa shape index (κ2) is 5.99. The third kappa shape index (κ3) is 2.74. The maximum Gasteiger partial charge on any atom is 0.124 e. The normalized spacial score (nSPS) is 18.3. The van der Waals surface area contributed by atoms with Crippen LogP contribution in [0.5, 0.6) is 5.75 Å². The minimum atomic E-state index is 0.0948. The highest BCUT2D eigenvalue weighted by Gasteiger charge is 2.47. The fourth-order valence-electron chi connectivity index (χ4n) is 3.48. The van der Waals surface area contributed by atoms with E-state index < -0.39 is 0 Å². The van der Waals surface area contributed by atoms with Crippen molar-refractivity contribution in [1.29, 1.82) is 0 Å². The lowest BCUT2D eigenvalue weighted by molar-refractivity contribution is 0.121. The zero-order chi connectivity index (χ0) is 18.3. The second-order valence-corrected chi connectivity index (χ2v) is 7.06. The summed E-state index contributed by atoms with van der Waals surface area (Å²) in [4.78, 5) is 2.28. The van der Waals surface area contributed by atoms with Gasteiger partial charge in [-0.15, -0.1) is 0 Å². The number of hydrogen-bond donors (Lipinski definition) is 5. The van der Waals surface area contributed by atoms with Crippen LogP contribution in [0.2, 0.25) is 0 Å². The number of hydrogen-bond acceptors (Lipinski definition) is 7. The fourth-order valence-corrected chi connectivity index (χ4v) is 3.48. The SMILES string of the molecule is NC(N)=C(/C=C(\N)c1ccccc1O)n1cc(N2CC3(CNC3)C2)cn1. The molecule has 0 unspecified atom stereocenters. The van der Waals surface area contributed by atoms with E-state index in [4.69, 9.17) is 17.2 Å². The lowest BCUT2D eigenvalue weighted by atomic mass is 9.74. The highest BCUT2D eigenvalue weighted by Crippen LogP contribution is 2.37. The third-order valence-corrected chi connectivity index (χ3v) is 5.04. The zero-order valence-corrected chi connectivity index (χ0v) is 14.4. The fraction of sp³-hybridized carbons (Fsp3) is 0.278. The van der Waals surface area contributed by atoms with Crippen molar-refractivity contribution in [3.8, 4) is 5.75 Å². The van der Waals surface area contributed by atoms with Crippen LogP contribution >= 0.6 is 0 Å². The molecular weight excluding hydrogens is 330 g/mol. The van der Waals surface area contributed by atoms with Crippen molar-refractivity contribution in [2.45, 2.75) is 0 Å². The molecule has 0 amide bonds. The third-order valence-electron chi connectivity index (χ3n) is 5.04. The number of nitrogens with two attached hydrogens (primary N) is 3. The first-order valence-electron chi connectivity index (χ1n) is 8.49. The monoisotopic (exact) mass is 353 g/mol. The summed E-state index contributed by atoms with van der Waals surface area (Å²) in [6.07, 6.45) is 5.31. The first-order valence-corrected chi connectivity index (χ1v) is 8.49. The maximum atomic E-state index is 9.96. The van der Waals surface area contributed by atoms with Gasteiger partial charge in [0.15, 0.2) is 0 Å². The molecule has 8 nitrogen and oxygen atoms in total. The van der Waals surface area contributed by atoms with Crippen LogP contribution in [0.3, 0.4) is 0 Å². The molecule has 2 fully saturated rings. The Labute approximate surface area is 151 Å². The van der Waals surface area contributed by atoms with Crippen LogP contribution in [-0.4, -0.2) is 41.1 Å². The summed E-state index contributed by atoms with van der Waals surface area (Å²) in [5, 5.41) is 17.7. The van der Waals surface area contributed by atoms with E-state index in [9.17, 15) is 5.11 Å². The average molecular weight is 353 g/mol. The Morgan fingerprint density at radius 2 is 1.92 bits per heavy atom. The Hall–Kier alpha value is -3.13. The molecule has 0 atom stereocenters. The van der Waals surface area contributed by atoms with Gasteiger partial charge in [-0.05, 0) is 18.2 Å². The molecule has 2 aromatic rings. The summed E-state index contributed by atoms with van der Waals surface area (Å²) in [5.74, 6) is 0.193. The first kappa shape index (κ1) is 16.3. The Balaban J connectivity index is 1.57. The highest BCUT2D eigenvalue weighted by atomic mass is 16.3. The van der Waals surface area contributed by atoms with Crippen molar-refractivity contribution >= 4 is 17.1 Å².